The van der Waals surface area contributed by atoms with Crippen LogP contribution in [0.2, 0.25) is 0 Å². The molecule has 148 valence electrons. The summed E-state index contributed by atoms with van der Waals surface area (Å²) in [6.45, 7) is 0.222. The van der Waals surface area contributed by atoms with E-state index in [1.165, 1.54) is 12.1 Å². The number of fused-ring (bicyclic) bond motifs is 1. The van der Waals surface area contributed by atoms with Crippen molar-refractivity contribution in [1.29, 1.82) is 5.26 Å². The van der Waals surface area contributed by atoms with Gasteiger partial charge < -0.3 is 10.1 Å². The fourth-order valence-corrected chi connectivity index (χ4v) is 3.17. The predicted molar refractivity (Wildman–Crippen MR) is 113 cm³/mol. The van der Waals surface area contributed by atoms with Crippen molar-refractivity contribution < 1.29 is 9.13 Å². The van der Waals surface area contributed by atoms with E-state index >= 15 is 0 Å². The second-order valence-corrected chi connectivity index (χ2v) is 6.52. The first-order chi connectivity index (χ1) is 14.7. The van der Waals surface area contributed by atoms with Crippen LogP contribution in [0.1, 0.15) is 6.42 Å². The van der Waals surface area contributed by atoms with Crippen molar-refractivity contribution >= 4 is 16.7 Å². The van der Waals surface area contributed by atoms with Gasteiger partial charge in [-0.15, -0.1) is 0 Å². The molecule has 0 spiro atoms. The van der Waals surface area contributed by atoms with E-state index in [1.807, 2.05) is 30.3 Å². The maximum atomic E-state index is 13.8. The van der Waals surface area contributed by atoms with Crippen LogP contribution >= 0.6 is 0 Å². The van der Waals surface area contributed by atoms with Gasteiger partial charge in [-0.3, -0.25) is 4.98 Å². The molecule has 0 unspecified atom stereocenters. The maximum Gasteiger partial charge on any atom is 0.163 e. The summed E-state index contributed by atoms with van der Waals surface area (Å²) in [7, 11) is 1.78. The Labute approximate surface area is 173 Å². The summed E-state index contributed by atoms with van der Waals surface area (Å²) in [5.74, 6) is 1.30. The van der Waals surface area contributed by atoms with Crippen molar-refractivity contribution in [2.24, 2.45) is 0 Å². The van der Waals surface area contributed by atoms with Gasteiger partial charge in [0.1, 0.15) is 29.5 Å². The second kappa shape index (κ2) is 8.53. The molecule has 0 saturated carbocycles. The van der Waals surface area contributed by atoms with Gasteiger partial charge >= 0.3 is 0 Å². The molecule has 4 aromatic rings. The number of hydrogen-bond acceptors (Lipinski definition) is 6. The van der Waals surface area contributed by atoms with Crippen LogP contribution in [-0.2, 0) is 0 Å². The van der Waals surface area contributed by atoms with Gasteiger partial charge in [-0.05, 0) is 47.5 Å². The molecule has 1 N–H and O–H groups in total. The Morgan fingerprint density at radius 1 is 1.07 bits per heavy atom. The van der Waals surface area contributed by atoms with Crippen LogP contribution in [0.15, 0.2) is 60.9 Å². The van der Waals surface area contributed by atoms with E-state index in [0.717, 1.165) is 16.5 Å². The van der Waals surface area contributed by atoms with Crippen molar-refractivity contribution in [3.05, 3.63) is 66.7 Å². The Morgan fingerprint density at radius 3 is 2.67 bits per heavy atom. The van der Waals surface area contributed by atoms with Crippen LogP contribution in [0.4, 0.5) is 10.2 Å². The summed E-state index contributed by atoms with van der Waals surface area (Å²) in [5.41, 5.74) is 2.85. The molecule has 7 heteroatoms. The zero-order valence-corrected chi connectivity index (χ0v) is 16.3. The summed E-state index contributed by atoms with van der Waals surface area (Å²) < 4.78 is 19.7. The van der Waals surface area contributed by atoms with Gasteiger partial charge in [-0.25, -0.2) is 14.4 Å². The number of aromatic nitrogens is 3. The largest absolute Gasteiger partial charge is 0.490 e. The molecule has 0 aliphatic heterocycles. The number of pyridine rings is 1. The number of ether oxygens (including phenoxy) is 1. The van der Waals surface area contributed by atoms with Crippen molar-refractivity contribution in [1.82, 2.24) is 15.0 Å². The first-order valence-corrected chi connectivity index (χ1v) is 9.39. The molecule has 0 radical (unpaired) electrons. The highest BCUT2D eigenvalue weighted by atomic mass is 19.1. The van der Waals surface area contributed by atoms with Gasteiger partial charge in [0.05, 0.1) is 12.5 Å². The quantitative estimate of drug-likeness (QED) is 0.468. The molecule has 2 aromatic heterocycles. The highest BCUT2D eigenvalue weighted by molar-refractivity contribution is 5.97. The third-order valence-electron chi connectivity index (χ3n) is 4.55. The van der Waals surface area contributed by atoms with E-state index in [2.05, 4.69) is 21.4 Å². The Bertz CT molecular complexity index is 1240. The van der Waals surface area contributed by atoms with Gasteiger partial charge in [0.25, 0.3) is 0 Å². The first-order valence-electron chi connectivity index (χ1n) is 9.39. The molecule has 0 fully saturated rings. The number of nitriles is 1. The van der Waals surface area contributed by atoms with Gasteiger partial charge in [0.2, 0.25) is 0 Å². The molecule has 0 atom stereocenters. The number of rotatable bonds is 6. The van der Waals surface area contributed by atoms with Gasteiger partial charge in [-0.2, -0.15) is 5.26 Å². The molecule has 0 aliphatic carbocycles. The average Bonchev–Trinajstić information content (AvgIpc) is 2.79. The SMILES string of the molecule is CNc1nc(-c2cccnc2)nc2c(OCCC#N)cc(-c3cccc(F)c3)cc12. The second-order valence-electron chi connectivity index (χ2n) is 6.52. The van der Waals surface area contributed by atoms with E-state index in [-0.39, 0.29) is 18.8 Å². The fraction of sp³-hybridized carbons (Fsp3) is 0.130. The van der Waals surface area contributed by atoms with E-state index in [0.29, 0.717) is 28.5 Å². The lowest BCUT2D eigenvalue weighted by Gasteiger charge is -2.14. The minimum Gasteiger partial charge on any atom is -0.490 e. The number of nitrogens with one attached hydrogen (secondary N) is 1. The van der Waals surface area contributed by atoms with E-state index in [9.17, 15) is 4.39 Å². The number of benzene rings is 2. The van der Waals surface area contributed by atoms with Crippen molar-refractivity contribution in [2.45, 2.75) is 6.42 Å². The highest BCUT2D eigenvalue weighted by Crippen LogP contribution is 2.36. The lowest BCUT2D eigenvalue weighted by molar-refractivity contribution is 0.330. The highest BCUT2D eigenvalue weighted by Gasteiger charge is 2.16. The number of halogens is 1. The lowest BCUT2D eigenvalue weighted by atomic mass is 10.0. The fourth-order valence-electron chi connectivity index (χ4n) is 3.17. The Hall–Kier alpha value is -4.05. The Balaban J connectivity index is 1.94. The molecule has 0 bridgehead atoms. The van der Waals surface area contributed by atoms with Crippen LogP contribution in [0.3, 0.4) is 0 Å². The van der Waals surface area contributed by atoms with Crippen molar-refractivity contribution in [2.75, 3.05) is 19.0 Å². The third-order valence-corrected chi connectivity index (χ3v) is 4.55. The molecule has 2 aromatic carbocycles. The Kier molecular flexibility index (Phi) is 5.48. The molecular weight excluding hydrogens is 381 g/mol. The van der Waals surface area contributed by atoms with Crippen LogP contribution in [-0.4, -0.2) is 28.6 Å². The van der Waals surface area contributed by atoms with Crippen molar-refractivity contribution in [3.8, 4) is 34.3 Å². The topological polar surface area (TPSA) is 83.7 Å². The molecular formula is C23H18FN5O. The van der Waals surface area contributed by atoms with Gasteiger partial charge in [0.15, 0.2) is 5.82 Å². The zero-order valence-electron chi connectivity index (χ0n) is 16.3. The van der Waals surface area contributed by atoms with Gasteiger partial charge in [-0.1, -0.05) is 12.1 Å². The summed E-state index contributed by atoms with van der Waals surface area (Å²) >= 11 is 0. The number of anilines is 1. The summed E-state index contributed by atoms with van der Waals surface area (Å²) in [6.07, 6.45) is 3.62. The van der Waals surface area contributed by atoms with Crippen LogP contribution in [0, 0.1) is 17.1 Å². The van der Waals surface area contributed by atoms with E-state index < -0.39 is 0 Å². The third kappa shape index (κ3) is 3.89. The van der Waals surface area contributed by atoms with Crippen LogP contribution in [0.5, 0.6) is 5.75 Å². The smallest absolute Gasteiger partial charge is 0.163 e. The van der Waals surface area contributed by atoms with Gasteiger partial charge in [0, 0.05) is 30.4 Å². The molecule has 6 nitrogen and oxygen atoms in total. The molecule has 0 amide bonds. The monoisotopic (exact) mass is 399 g/mol. The standard InChI is InChI=1S/C23H18FN5O/c1-26-23-19-12-17(15-5-2-7-18(24)11-15)13-20(30-10-4-8-25)21(19)28-22(29-23)16-6-3-9-27-14-16/h2-3,5-7,9,11-14H,4,10H2,1H3,(H,26,28,29). The summed E-state index contributed by atoms with van der Waals surface area (Å²) in [6, 6.07) is 15.8. The van der Waals surface area contributed by atoms with E-state index in [4.69, 9.17) is 15.0 Å². The number of nitrogens with zero attached hydrogens (tertiary/aromatic N) is 4. The normalized spacial score (nSPS) is 10.6. The summed E-state index contributed by atoms with van der Waals surface area (Å²) in [4.78, 5) is 13.5. The van der Waals surface area contributed by atoms with Crippen LogP contribution < -0.4 is 10.1 Å². The minimum absolute atomic E-state index is 0.222. The predicted octanol–water partition coefficient (Wildman–Crippen LogP) is 4.83. The molecule has 30 heavy (non-hydrogen) atoms. The summed E-state index contributed by atoms with van der Waals surface area (Å²) in [5, 5.41) is 12.7. The maximum absolute atomic E-state index is 13.8. The molecule has 2 heterocycles. The first kappa shape index (κ1) is 19.3. The number of hydrogen-bond donors (Lipinski definition) is 1. The van der Waals surface area contributed by atoms with Crippen molar-refractivity contribution in [3.63, 3.8) is 0 Å². The molecule has 0 aliphatic rings. The molecule has 4 rings (SSSR count). The lowest BCUT2D eigenvalue weighted by Crippen LogP contribution is -2.03. The minimum atomic E-state index is -0.323. The molecule has 0 saturated heterocycles. The Morgan fingerprint density at radius 2 is 1.93 bits per heavy atom. The average molecular weight is 399 g/mol. The van der Waals surface area contributed by atoms with Crippen LogP contribution in [0.25, 0.3) is 33.4 Å². The van der Waals surface area contributed by atoms with E-state index in [1.54, 1.807) is 25.5 Å². The zero-order chi connectivity index (χ0) is 20.9.